The van der Waals surface area contributed by atoms with Crippen LogP contribution in [0.1, 0.15) is 18.5 Å². The average molecular weight is 492 g/mol. The normalized spacial score (nSPS) is 11.6. The molecule has 30 heavy (non-hydrogen) atoms. The van der Waals surface area contributed by atoms with Crippen molar-refractivity contribution in [2.75, 3.05) is 13.2 Å². The van der Waals surface area contributed by atoms with E-state index in [0.717, 1.165) is 19.9 Å². The van der Waals surface area contributed by atoms with Crippen molar-refractivity contribution >= 4 is 39.1 Å². The van der Waals surface area contributed by atoms with Gasteiger partial charge >= 0.3 is 0 Å². The first-order chi connectivity index (χ1) is 14.4. The molecule has 6 nitrogen and oxygen atoms in total. The number of benzene rings is 2. The summed E-state index contributed by atoms with van der Waals surface area (Å²) in [6.45, 7) is 1.40. The molecule has 2 amide bonds. The van der Waals surface area contributed by atoms with Crippen molar-refractivity contribution in [1.82, 2.24) is 15.6 Å². The fourth-order valence-electron chi connectivity index (χ4n) is 2.59. The van der Waals surface area contributed by atoms with Crippen molar-refractivity contribution in [3.63, 3.8) is 0 Å². The highest BCUT2D eigenvalue weighted by molar-refractivity contribution is 9.11. The number of hydrogen-bond donors (Lipinski definition) is 2. The fourth-order valence-corrected chi connectivity index (χ4v) is 3.80. The minimum absolute atomic E-state index is 0.175. The first-order valence-corrected chi connectivity index (χ1v) is 10.7. The number of carbonyl (C=O) groups is 2. The van der Waals surface area contributed by atoms with E-state index in [2.05, 4.69) is 31.5 Å². The number of amides is 2. The van der Waals surface area contributed by atoms with Gasteiger partial charge < -0.3 is 15.4 Å². The zero-order chi connectivity index (χ0) is 21.5. The van der Waals surface area contributed by atoms with Gasteiger partial charge in [-0.05, 0) is 64.8 Å². The summed E-state index contributed by atoms with van der Waals surface area (Å²) in [4.78, 5) is 28.2. The Bertz CT molecular complexity index is 1010. The molecule has 1 aromatic heterocycles. The summed E-state index contributed by atoms with van der Waals surface area (Å²) in [6.07, 6.45) is 1.74. The van der Waals surface area contributed by atoms with Crippen molar-refractivity contribution in [3.05, 3.63) is 69.9 Å². The van der Waals surface area contributed by atoms with Crippen molar-refractivity contribution in [3.8, 4) is 16.3 Å². The number of nitrogens with zero attached hydrogens (tertiary/aromatic N) is 1. The molecule has 1 heterocycles. The summed E-state index contributed by atoms with van der Waals surface area (Å²) in [5.74, 6) is -0.555. The maximum Gasteiger partial charge on any atom is 0.258 e. The molecule has 0 saturated carbocycles. The summed E-state index contributed by atoms with van der Waals surface area (Å²) in [6, 6.07) is 12.8. The molecule has 3 rings (SSSR count). The maximum absolute atomic E-state index is 13.0. The third kappa shape index (κ3) is 6.36. The smallest absolute Gasteiger partial charge is 0.258 e. The Labute approximate surface area is 185 Å². The van der Waals surface area contributed by atoms with Gasteiger partial charge in [-0.15, -0.1) is 11.3 Å². The number of carbonyl (C=O) groups excluding carboxylic acids is 2. The van der Waals surface area contributed by atoms with Crippen LogP contribution < -0.4 is 15.4 Å². The largest absolute Gasteiger partial charge is 0.484 e. The number of rotatable bonds is 8. The Balaban J connectivity index is 1.40. The molecule has 2 N–H and O–H groups in total. The maximum atomic E-state index is 13.0. The van der Waals surface area contributed by atoms with E-state index in [0.29, 0.717) is 5.75 Å². The third-order valence-corrected chi connectivity index (χ3v) is 5.67. The van der Waals surface area contributed by atoms with E-state index in [1.807, 2.05) is 12.1 Å². The summed E-state index contributed by atoms with van der Waals surface area (Å²) >= 11 is 4.91. The van der Waals surface area contributed by atoms with Gasteiger partial charge in [0, 0.05) is 5.56 Å². The van der Waals surface area contributed by atoms with Crippen LogP contribution in [0.25, 0.3) is 10.6 Å². The van der Waals surface area contributed by atoms with Crippen LogP contribution in [0.3, 0.4) is 0 Å². The summed E-state index contributed by atoms with van der Waals surface area (Å²) < 4.78 is 19.4. The lowest BCUT2D eigenvalue weighted by atomic mass is 10.1. The van der Waals surface area contributed by atoms with Gasteiger partial charge in [-0.3, -0.25) is 9.59 Å². The zero-order valence-electron chi connectivity index (χ0n) is 16.0. The number of ether oxygens (including phenoxy) is 1. The van der Waals surface area contributed by atoms with E-state index >= 15 is 0 Å². The Morgan fingerprint density at radius 3 is 2.47 bits per heavy atom. The number of aromatic nitrogens is 1. The highest BCUT2D eigenvalue weighted by Gasteiger charge is 2.11. The summed E-state index contributed by atoms with van der Waals surface area (Å²) in [7, 11) is 0. The standard InChI is InChI=1S/C21H19BrFN3O3S/c1-13(14-2-6-16(23)7-3-14)26-19(27)11-24-20(28)12-29-17-8-4-15(5-9-17)21-25-10-18(22)30-21/h2-10,13H,11-12H2,1H3,(H,24,28)(H,26,27). The van der Waals surface area contributed by atoms with Crippen molar-refractivity contribution in [2.45, 2.75) is 13.0 Å². The highest BCUT2D eigenvalue weighted by atomic mass is 79.9. The predicted octanol–water partition coefficient (Wildman–Crippen LogP) is 4.08. The molecule has 0 fully saturated rings. The molecule has 1 unspecified atom stereocenters. The molecule has 1 atom stereocenters. The van der Waals surface area contributed by atoms with E-state index in [4.69, 9.17) is 4.74 Å². The first kappa shape index (κ1) is 21.9. The molecule has 0 aliphatic rings. The van der Waals surface area contributed by atoms with E-state index in [1.165, 1.54) is 23.5 Å². The molecule has 0 bridgehead atoms. The molecule has 0 radical (unpaired) electrons. The topological polar surface area (TPSA) is 80.3 Å². The second kappa shape index (κ2) is 10.3. The molecule has 9 heteroatoms. The quantitative estimate of drug-likeness (QED) is 0.497. The Hall–Kier alpha value is -2.78. The van der Waals surface area contributed by atoms with Gasteiger partial charge in [0.15, 0.2) is 6.61 Å². The van der Waals surface area contributed by atoms with E-state index < -0.39 is 5.91 Å². The van der Waals surface area contributed by atoms with Gasteiger partial charge in [0.05, 0.1) is 22.6 Å². The molecule has 0 aliphatic carbocycles. The zero-order valence-corrected chi connectivity index (χ0v) is 18.4. The molecule has 3 aromatic rings. The third-order valence-electron chi connectivity index (χ3n) is 4.14. The molecular weight excluding hydrogens is 473 g/mol. The van der Waals surface area contributed by atoms with Crippen LogP contribution in [0.5, 0.6) is 5.75 Å². The second-order valence-corrected chi connectivity index (χ2v) is 8.81. The second-order valence-electron chi connectivity index (χ2n) is 6.40. The van der Waals surface area contributed by atoms with Crippen LogP contribution >= 0.6 is 27.3 Å². The Morgan fingerprint density at radius 1 is 1.13 bits per heavy atom. The van der Waals surface area contributed by atoms with Gasteiger partial charge in [-0.25, -0.2) is 9.37 Å². The first-order valence-electron chi connectivity index (χ1n) is 9.07. The molecule has 0 saturated heterocycles. The highest BCUT2D eigenvalue weighted by Crippen LogP contribution is 2.29. The summed E-state index contributed by atoms with van der Waals surface area (Å²) in [5.41, 5.74) is 1.72. The van der Waals surface area contributed by atoms with Crippen molar-refractivity contribution < 1.29 is 18.7 Å². The van der Waals surface area contributed by atoms with E-state index in [-0.39, 0.29) is 30.9 Å². The Kier molecular flexibility index (Phi) is 7.53. The van der Waals surface area contributed by atoms with Crippen molar-refractivity contribution in [2.24, 2.45) is 0 Å². The lowest BCUT2D eigenvalue weighted by Crippen LogP contribution is -2.39. The number of nitrogens with one attached hydrogen (secondary N) is 2. The number of thiazole rings is 1. The van der Waals surface area contributed by atoms with Crippen LogP contribution in [-0.2, 0) is 9.59 Å². The van der Waals surface area contributed by atoms with Gasteiger partial charge in [0.2, 0.25) is 5.91 Å². The van der Waals surface area contributed by atoms with Gasteiger partial charge in [-0.1, -0.05) is 12.1 Å². The van der Waals surface area contributed by atoms with Crippen LogP contribution in [0.4, 0.5) is 4.39 Å². The molecule has 156 valence electrons. The van der Waals surface area contributed by atoms with E-state index in [9.17, 15) is 14.0 Å². The SMILES string of the molecule is CC(NC(=O)CNC(=O)COc1ccc(-c2ncc(Br)s2)cc1)c1ccc(F)cc1. The number of hydrogen-bond acceptors (Lipinski definition) is 5. The molecule has 2 aromatic carbocycles. The minimum Gasteiger partial charge on any atom is -0.484 e. The Morgan fingerprint density at radius 2 is 1.83 bits per heavy atom. The van der Waals surface area contributed by atoms with Crippen LogP contribution in [0.2, 0.25) is 0 Å². The average Bonchev–Trinajstić information content (AvgIpc) is 3.18. The minimum atomic E-state index is -0.410. The van der Waals surface area contributed by atoms with Crippen molar-refractivity contribution in [1.29, 1.82) is 0 Å². The molecular formula is C21H19BrFN3O3S. The van der Waals surface area contributed by atoms with Crippen LogP contribution in [0.15, 0.2) is 58.5 Å². The molecule has 0 aliphatic heterocycles. The molecule has 0 spiro atoms. The predicted molar refractivity (Wildman–Crippen MR) is 117 cm³/mol. The van der Waals surface area contributed by atoms with Gasteiger partial charge in [-0.2, -0.15) is 0 Å². The number of halogens is 2. The lowest BCUT2D eigenvalue weighted by molar-refractivity contribution is -0.127. The fraction of sp³-hybridized carbons (Fsp3) is 0.190. The lowest BCUT2D eigenvalue weighted by Gasteiger charge is -2.14. The monoisotopic (exact) mass is 491 g/mol. The van der Waals surface area contributed by atoms with Gasteiger partial charge in [0.25, 0.3) is 5.91 Å². The van der Waals surface area contributed by atoms with Crippen LogP contribution in [-0.4, -0.2) is 29.9 Å². The van der Waals surface area contributed by atoms with Crippen LogP contribution in [0, 0.1) is 5.82 Å². The summed E-state index contributed by atoms with van der Waals surface area (Å²) in [5, 5.41) is 6.13. The van der Waals surface area contributed by atoms with E-state index in [1.54, 1.807) is 37.4 Å². The van der Waals surface area contributed by atoms with Gasteiger partial charge in [0.1, 0.15) is 16.6 Å².